The quantitative estimate of drug-likeness (QED) is 0.858. The molecular formula is C15H18FNO. The second-order valence-electron chi connectivity index (χ2n) is 4.63. The molecule has 2 rings (SSSR count). The Morgan fingerprint density at radius 3 is 2.83 bits per heavy atom. The fourth-order valence-corrected chi connectivity index (χ4v) is 1.85. The molecular weight excluding hydrogens is 229 g/mol. The molecule has 0 bridgehead atoms. The maximum atomic E-state index is 13.4. The van der Waals surface area contributed by atoms with Gasteiger partial charge in [-0.15, -0.1) is 0 Å². The van der Waals surface area contributed by atoms with Crippen molar-refractivity contribution in [1.29, 1.82) is 0 Å². The summed E-state index contributed by atoms with van der Waals surface area (Å²) in [5.74, 6) is 0.817. The van der Waals surface area contributed by atoms with Gasteiger partial charge in [0.1, 0.15) is 11.6 Å². The van der Waals surface area contributed by atoms with Crippen LogP contribution in [0.3, 0.4) is 0 Å². The van der Waals surface area contributed by atoms with Crippen molar-refractivity contribution < 1.29 is 8.81 Å². The number of anilines is 1. The lowest BCUT2D eigenvalue weighted by molar-refractivity contribution is 0.495. The second-order valence-corrected chi connectivity index (χ2v) is 4.63. The molecule has 1 heterocycles. The monoisotopic (exact) mass is 247 g/mol. The molecule has 96 valence electrons. The molecule has 2 aromatic rings. The summed E-state index contributed by atoms with van der Waals surface area (Å²) >= 11 is 0. The standard InChI is InChI=1S/C15H18FNO/c1-11-5-7-13(10-15(11)16)17-12(2)6-8-14-4-3-9-18-14/h3-5,7,9-10,12,17H,6,8H2,1-2H3. The van der Waals surface area contributed by atoms with E-state index < -0.39 is 0 Å². The minimum atomic E-state index is -0.168. The normalized spacial score (nSPS) is 12.4. The van der Waals surface area contributed by atoms with Gasteiger partial charge in [-0.2, -0.15) is 0 Å². The van der Waals surface area contributed by atoms with Crippen LogP contribution >= 0.6 is 0 Å². The number of nitrogens with one attached hydrogen (secondary N) is 1. The maximum Gasteiger partial charge on any atom is 0.128 e. The van der Waals surface area contributed by atoms with E-state index in [1.165, 1.54) is 0 Å². The first-order valence-electron chi connectivity index (χ1n) is 6.20. The predicted octanol–water partition coefficient (Wildman–Crippen LogP) is 4.16. The third kappa shape index (κ3) is 3.36. The van der Waals surface area contributed by atoms with Gasteiger partial charge < -0.3 is 9.73 Å². The van der Waals surface area contributed by atoms with Crippen molar-refractivity contribution >= 4 is 5.69 Å². The summed E-state index contributed by atoms with van der Waals surface area (Å²) < 4.78 is 18.7. The number of hydrogen-bond donors (Lipinski definition) is 1. The Labute approximate surface area is 107 Å². The first-order valence-corrected chi connectivity index (χ1v) is 6.20. The molecule has 1 aromatic carbocycles. The fraction of sp³-hybridized carbons (Fsp3) is 0.333. The minimum Gasteiger partial charge on any atom is -0.469 e. The van der Waals surface area contributed by atoms with Gasteiger partial charge in [-0.05, 0) is 50.1 Å². The van der Waals surface area contributed by atoms with Gasteiger partial charge in [0, 0.05) is 18.2 Å². The first kappa shape index (κ1) is 12.7. The molecule has 3 heteroatoms. The van der Waals surface area contributed by atoms with Crippen LogP contribution in [0.25, 0.3) is 0 Å². The van der Waals surface area contributed by atoms with Gasteiger partial charge in [-0.25, -0.2) is 4.39 Å². The van der Waals surface area contributed by atoms with E-state index in [9.17, 15) is 4.39 Å². The van der Waals surface area contributed by atoms with Crippen molar-refractivity contribution in [3.8, 4) is 0 Å². The van der Waals surface area contributed by atoms with E-state index >= 15 is 0 Å². The van der Waals surface area contributed by atoms with Gasteiger partial charge in [0.15, 0.2) is 0 Å². The van der Waals surface area contributed by atoms with E-state index in [-0.39, 0.29) is 11.9 Å². The van der Waals surface area contributed by atoms with Crippen LogP contribution in [0.5, 0.6) is 0 Å². The van der Waals surface area contributed by atoms with Crippen LogP contribution in [0, 0.1) is 12.7 Å². The number of aryl methyl sites for hydroxylation is 2. The van der Waals surface area contributed by atoms with Crippen molar-refractivity contribution in [3.63, 3.8) is 0 Å². The molecule has 0 amide bonds. The summed E-state index contributed by atoms with van der Waals surface area (Å²) in [5, 5.41) is 3.29. The van der Waals surface area contributed by atoms with Gasteiger partial charge >= 0.3 is 0 Å². The van der Waals surface area contributed by atoms with Gasteiger partial charge in [-0.1, -0.05) is 6.07 Å². The Balaban J connectivity index is 1.86. The lowest BCUT2D eigenvalue weighted by Crippen LogP contribution is -2.16. The summed E-state index contributed by atoms with van der Waals surface area (Å²) in [6.07, 6.45) is 3.52. The largest absolute Gasteiger partial charge is 0.469 e. The summed E-state index contributed by atoms with van der Waals surface area (Å²) in [5.41, 5.74) is 1.49. The van der Waals surface area contributed by atoms with Crippen LogP contribution in [0.2, 0.25) is 0 Å². The predicted molar refractivity (Wildman–Crippen MR) is 71.3 cm³/mol. The van der Waals surface area contributed by atoms with Crippen LogP contribution < -0.4 is 5.32 Å². The SMILES string of the molecule is Cc1ccc(NC(C)CCc2ccco2)cc1F. The second kappa shape index (κ2) is 5.71. The highest BCUT2D eigenvalue weighted by molar-refractivity contribution is 5.45. The van der Waals surface area contributed by atoms with Gasteiger partial charge in [0.2, 0.25) is 0 Å². The number of furan rings is 1. The molecule has 0 saturated heterocycles. The van der Waals surface area contributed by atoms with Gasteiger partial charge in [-0.3, -0.25) is 0 Å². The van der Waals surface area contributed by atoms with Crippen LogP contribution in [0.15, 0.2) is 41.0 Å². The Morgan fingerprint density at radius 1 is 1.33 bits per heavy atom. The summed E-state index contributed by atoms with van der Waals surface area (Å²) in [4.78, 5) is 0. The first-order chi connectivity index (χ1) is 8.65. The zero-order valence-corrected chi connectivity index (χ0v) is 10.7. The number of halogens is 1. The van der Waals surface area contributed by atoms with E-state index in [4.69, 9.17) is 4.42 Å². The number of hydrogen-bond acceptors (Lipinski definition) is 2. The molecule has 0 aliphatic rings. The van der Waals surface area contributed by atoms with E-state index in [2.05, 4.69) is 12.2 Å². The topological polar surface area (TPSA) is 25.2 Å². The zero-order chi connectivity index (χ0) is 13.0. The molecule has 0 fully saturated rings. The van der Waals surface area contributed by atoms with E-state index in [0.29, 0.717) is 5.56 Å². The lowest BCUT2D eigenvalue weighted by Gasteiger charge is -2.15. The summed E-state index contributed by atoms with van der Waals surface area (Å²) in [7, 11) is 0. The highest BCUT2D eigenvalue weighted by Gasteiger charge is 2.05. The van der Waals surface area contributed by atoms with Crippen LogP contribution in [0.1, 0.15) is 24.7 Å². The van der Waals surface area contributed by atoms with E-state index in [1.807, 2.05) is 18.2 Å². The van der Waals surface area contributed by atoms with E-state index in [1.54, 1.807) is 25.3 Å². The van der Waals surface area contributed by atoms with Gasteiger partial charge in [0.05, 0.1) is 6.26 Å². The molecule has 1 atom stereocenters. The third-order valence-electron chi connectivity index (χ3n) is 2.99. The Morgan fingerprint density at radius 2 is 2.17 bits per heavy atom. The van der Waals surface area contributed by atoms with Crippen molar-refractivity contribution in [2.45, 2.75) is 32.7 Å². The Hall–Kier alpha value is -1.77. The summed E-state index contributed by atoms with van der Waals surface area (Å²) in [6.45, 7) is 3.85. The molecule has 0 aliphatic carbocycles. The Bertz CT molecular complexity index is 493. The van der Waals surface area contributed by atoms with Crippen LogP contribution in [-0.2, 0) is 6.42 Å². The molecule has 0 radical (unpaired) electrons. The van der Waals surface area contributed by atoms with Crippen molar-refractivity contribution in [2.75, 3.05) is 5.32 Å². The van der Waals surface area contributed by atoms with Crippen LogP contribution in [0.4, 0.5) is 10.1 Å². The highest BCUT2D eigenvalue weighted by Crippen LogP contribution is 2.16. The highest BCUT2D eigenvalue weighted by atomic mass is 19.1. The molecule has 0 aliphatic heterocycles. The Kier molecular flexibility index (Phi) is 4.03. The molecule has 18 heavy (non-hydrogen) atoms. The molecule has 2 nitrogen and oxygen atoms in total. The van der Waals surface area contributed by atoms with Crippen molar-refractivity contribution in [2.24, 2.45) is 0 Å². The average molecular weight is 247 g/mol. The van der Waals surface area contributed by atoms with E-state index in [0.717, 1.165) is 24.3 Å². The molecule has 0 spiro atoms. The summed E-state index contributed by atoms with van der Waals surface area (Å²) in [6, 6.07) is 9.37. The lowest BCUT2D eigenvalue weighted by atomic mass is 10.1. The molecule has 1 unspecified atom stereocenters. The molecule has 0 saturated carbocycles. The third-order valence-corrected chi connectivity index (χ3v) is 2.99. The molecule has 1 aromatic heterocycles. The maximum absolute atomic E-state index is 13.4. The number of rotatable bonds is 5. The smallest absolute Gasteiger partial charge is 0.128 e. The fourth-order valence-electron chi connectivity index (χ4n) is 1.85. The van der Waals surface area contributed by atoms with Gasteiger partial charge in [0.25, 0.3) is 0 Å². The van der Waals surface area contributed by atoms with Crippen molar-refractivity contribution in [1.82, 2.24) is 0 Å². The zero-order valence-electron chi connectivity index (χ0n) is 10.7. The number of benzene rings is 1. The van der Waals surface area contributed by atoms with Crippen molar-refractivity contribution in [3.05, 3.63) is 53.7 Å². The molecule has 1 N–H and O–H groups in total. The average Bonchev–Trinajstić information content (AvgIpc) is 2.84. The van der Waals surface area contributed by atoms with Crippen LogP contribution in [-0.4, -0.2) is 6.04 Å². The minimum absolute atomic E-state index is 0.168.